The van der Waals surface area contributed by atoms with E-state index in [9.17, 15) is 9.59 Å². The number of ether oxygens (including phenoxy) is 3. The third-order valence-corrected chi connectivity index (χ3v) is 3.96. The number of hydrogen-bond donors (Lipinski definition) is 0. The molecule has 1 rings (SSSR count). The monoisotopic (exact) mass is 340 g/mol. The van der Waals surface area contributed by atoms with Gasteiger partial charge < -0.3 is 14.2 Å². The van der Waals surface area contributed by atoms with Gasteiger partial charge in [-0.2, -0.15) is 0 Å². The number of esters is 2. The first-order valence-corrected chi connectivity index (χ1v) is 9.25. The SMILES string of the molecule is C=C(CC(=O)OCC1CO1)C(=O)OCCCCCCCCCCC. The Labute approximate surface area is 145 Å². The fraction of sp³-hybridized carbons (Fsp3) is 0.789. The zero-order chi connectivity index (χ0) is 17.6. The standard InChI is InChI=1S/C19H32O5/c1-3-4-5-6-7-8-9-10-11-12-22-19(21)16(2)13-18(20)24-15-17-14-23-17/h17H,2-15H2,1H3. The van der Waals surface area contributed by atoms with Gasteiger partial charge in [0.2, 0.25) is 0 Å². The third-order valence-electron chi connectivity index (χ3n) is 3.96. The van der Waals surface area contributed by atoms with E-state index in [1.54, 1.807) is 0 Å². The van der Waals surface area contributed by atoms with E-state index in [4.69, 9.17) is 14.2 Å². The second-order valence-electron chi connectivity index (χ2n) is 6.38. The number of unbranched alkanes of at least 4 members (excludes halogenated alkanes) is 8. The van der Waals surface area contributed by atoms with E-state index in [0.717, 1.165) is 12.8 Å². The summed E-state index contributed by atoms with van der Waals surface area (Å²) in [6, 6.07) is 0. The van der Waals surface area contributed by atoms with Gasteiger partial charge in [-0.15, -0.1) is 0 Å². The summed E-state index contributed by atoms with van der Waals surface area (Å²) >= 11 is 0. The van der Waals surface area contributed by atoms with Gasteiger partial charge in [-0.25, -0.2) is 4.79 Å². The Morgan fingerprint density at radius 3 is 2.17 bits per heavy atom. The molecule has 1 unspecified atom stereocenters. The van der Waals surface area contributed by atoms with Gasteiger partial charge in [0.05, 0.1) is 19.6 Å². The lowest BCUT2D eigenvalue weighted by atomic mass is 10.1. The van der Waals surface area contributed by atoms with Gasteiger partial charge in [-0.1, -0.05) is 64.9 Å². The molecule has 1 aliphatic rings. The van der Waals surface area contributed by atoms with Crippen molar-refractivity contribution in [3.63, 3.8) is 0 Å². The molecule has 5 nitrogen and oxygen atoms in total. The van der Waals surface area contributed by atoms with E-state index in [2.05, 4.69) is 13.5 Å². The molecule has 0 spiro atoms. The molecule has 24 heavy (non-hydrogen) atoms. The smallest absolute Gasteiger partial charge is 0.333 e. The summed E-state index contributed by atoms with van der Waals surface area (Å²) in [6.45, 7) is 7.09. The van der Waals surface area contributed by atoms with E-state index < -0.39 is 11.9 Å². The van der Waals surface area contributed by atoms with E-state index >= 15 is 0 Å². The van der Waals surface area contributed by atoms with Crippen LogP contribution in [0.5, 0.6) is 0 Å². The third kappa shape index (κ3) is 11.2. The van der Waals surface area contributed by atoms with Crippen molar-refractivity contribution in [1.82, 2.24) is 0 Å². The molecule has 0 aliphatic carbocycles. The Morgan fingerprint density at radius 1 is 1.00 bits per heavy atom. The van der Waals surface area contributed by atoms with Crippen molar-refractivity contribution in [3.8, 4) is 0 Å². The fourth-order valence-corrected chi connectivity index (χ4v) is 2.33. The summed E-state index contributed by atoms with van der Waals surface area (Å²) in [7, 11) is 0. The van der Waals surface area contributed by atoms with Crippen LogP contribution in [0.2, 0.25) is 0 Å². The Hall–Kier alpha value is -1.36. The molecular weight excluding hydrogens is 308 g/mol. The van der Waals surface area contributed by atoms with Gasteiger partial charge in [0, 0.05) is 5.57 Å². The molecule has 1 atom stereocenters. The maximum atomic E-state index is 11.7. The minimum atomic E-state index is -0.505. The Balaban J connectivity index is 1.90. The number of epoxide rings is 1. The zero-order valence-electron chi connectivity index (χ0n) is 15.0. The molecule has 0 bridgehead atoms. The van der Waals surface area contributed by atoms with Crippen molar-refractivity contribution in [3.05, 3.63) is 12.2 Å². The van der Waals surface area contributed by atoms with Crippen LogP contribution in [0.3, 0.4) is 0 Å². The molecule has 0 radical (unpaired) electrons. The quantitative estimate of drug-likeness (QED) is 0.195. The zero-order valence-corrected chi connectivity index (χ0v) is 15.0. The number of hydrogen-bond acceptors (Lipinski definition) is 5. The highest BCUT2D eigenvalue weighted by Gasteiger charge is 2.24. The van der Waals surface area contributed by atoms with E-state index in [-0.39, 0.29) is 24.7 Å². The van der Waals surface area contributed by atoms with E-state index in [0.29, 0.717) is 13.2 Å². The molecule has 0 aromatic heterocycles. The van der Waals surface area contributed by atoms with Crippen LogP contribution in [-0.4, -0.2) is 37.9 Å². The number of carbonyl (C=O) groups excluding carboxylic acids is 2. The molecule has 5 heteroatoms. The molecular formula is C19H32O5. The van der Waals surface area contributed by atoms with E-state index in [1.165, 1.54) is 44.9 Å². The van der Waals surface area contributed by atoms with Crippen molar-refractivity contribution in [2.75, 3.05) is 19.8 Å². The molecule has 1 fully saturated rings. The molecule has 0 aromatic rings. The minimum Gasteiger partial charge on any atom is -0.463 e. The van der Waals surface area contributed by atoms with Crippen LogP contribution in [0.1, 0.15) is 71.1 Å². The van der Waals surface area contributed by atoms with Crippen molar-refractivity contribution in [2.45, 2.75) is 77.2 Å². The summed E-state index contributed by atoms with van der Waals surface area (Å²) in [5.41, 5.74) is 0.146. The average Bonchev–Trinajstić information content (AvgIpc) is 3.38. The highest BCUT2D eigenvalue weighted by Crippen LogP contribution is 2.11. The summed E-state index contributed by atoms with van der Waals surface area (Å²) < 4.78 is 15.0. The predicted octanol–water partition coefficient (Wildman–Crippen LogP) is 3.95. The summed E-state index contributed by atoms with van der Waals surface area (Å²) in [5.74, 6) is -0.968. The topological polar surface area (TPSA) is 65.1 Å². The second-order valence-corrected chi connectivity index (χ2v) is 6.38. The van der Waals surface area contributed by atoms with Gasteiger partial charge >= 0.3 is 11.9 Å². The van der Waals surface area contributed by atoms with Gasteiger partial charge in [-0.05, 0) is 6.42 Å². The fourth-order valence-electron chi connectivity index (χ4n) is 2.33. The van der Waals surface area contributed by atoms with Gasteiger partial charge in [0.15, 0.2) is 0 Å². The first kappa shape index (κ1) is 20.7. The molecule has 1 aliphatic heterocycles. The van der Waals surface area contributed by atoms with Crippen LogP contribution in [0.15, 0.2) is 12.2 Å². The second kappa shape index (κ2) is 13.0. The van der Waals surface area contributed by atoms with Gasteiger partial charge in [0.1, 0.15) is 12.7 Å². The molecule has 138 valence electrons. The maximum absolute atomic E-state index is 11.7. The molecule has 0 amide bonds. The Kier molecular flexibility index (Phi) is 11.2. The highest BCUT2D eigenvalue weighted by molar-refractivity contribution is 5.93. The van der Waals surface area contributed by atoms with Gasteiger partial charge in [-0.3, -0.25) is 4.79 Å². The van der Waals surface area contributed by atoms with Crippen molar-refractivity contribution >= 4 is 11.9 Å². The maximum Gasteiger partial charge on any atom is 0.333 e. The minimum absolute atomic E-state index is 0.0285. The summed E-state index contributed by atoms with van der Waals surface area (Å²) in [4.78, 5) is 23.2. The molecule has 0 aromatic carbocycles. The van der Waals surface area contributed by atoms with Crippen molar-refractivity contribution in [1.29, 1.82) is 0 Å². The number of rotatable bonds is 15. The van der Waals surface area contributed by atoms with Crippen LogP contribution < -0.4 is 0 Å². The summed E-state index contributed by atoms with van der Waals surface area (Å²) in [6.07, 6.45) is 10.8. The van der Waals surface area contributed by atoms with Gasteiger partial charge in [0.25, 0.3) is 0 Å². The normalized spacial score (nSPS) is 15.8. The predicted molar refractivity (Wildman–Crippen MR) is 92.6 cm³/mol. The summed E-state index contributed by atoms with van der Waals surface area (Å²) in [5, 5.41) is 0. The number of carbonyl (C=O) groups is 2. The largest absolute Gasteiger partial charge is 0.463 e. The first-order chi connectivity index (χ1) is 11.6. The van der Waals surface area contributed by atoms with Crippen LogP contribution in [0.4, 0.5) is 0 Å². The Bertz CT molecular complexity index is 387. The van der Waals surface area contributed by atoms with Crippen LogP contribution in [-0.2, 0) is 23.8 Å². The van der Waals surface area contributed by atoms with E-state index in [1.807, 2.05) is 0 Å². The van der Waals surface area contributed by atoms with Crippen molar-refractivity contribution < 1.29 is 23.8 Å². The highest BCUT2D eigenvalue weighted by atomic mass is 16.6. The van der Waals surface area contributed by atoms with Crippen LogP contribution >= 0.6 is 0 Å². The average molecular weight is 340 g/mol. The Morgan fingerprint density at radius 2 is 1.58 bits per heavy atom. The lowest BCUT2D eigenvalue weighted by Crippen LogP contribution is -2.15. The van der Waals surface area contributed by atoms with Crippen molar-refractivity contribution in [2.24, 2.45) is 0 Å². The first-order valence-electron chi connectivity index (χ1n) is 9.25. The molecule has 0 N–H and O–H groups in total. The molecule has 1 saturated heterocycles. The molecule has 1 heterocycles. The lowest BCUT2D eigenvalue weighted by molar-refractivity contribution is -0.146. The lowest BCUT2D eigenvalue weighted by Gasteiger charge is -2.07. The van der Waals surface area contributed by atoms with Crippen LogP contribution in [0, 0.1) is 0 Å². The van der Waals surface area contributed by atoms with Crippen LogP contribution in [0.25, 0.3) is 0 Å². The molecule has 0 saturated carbocycles.